The Balaban J connectivity index is 2.77. The minimum Gasteiger partial charge on any atom is -0.398 e. The highest BCUT2D eigenvalue weighted by molar-refractivity contribution is 9.10. The lowest BCUT2D eigenvalue weighted by atomic mass is 10.1. The van der Waals surface area contributed by atoms with Gasteiger partial charge in [0.2, 0.25) is 0 Å². The molecule has 0 radical (unpaired) electrons. The number of nitrogens with zero attached hydrogens (tertiary/aromatic N) is 1. The van der Waals surface area contributed by atoms with Gasteiger partial charge in [-0.25, -0.2) is 0 Å². The van der Waals surface area contributed by atoms with E-state index in [1.165, 1.54) is 12.0 Å². The van der Waals surface area contributed by atoms with E-state index >= 15 is 0 Å². The molecule has 0 saturated heterocycles. The third kappa shape index (κ3) is 3.80. The van der Waals surface area contributed by atoms with E-state index < -0.39 is 0 Å². The van der Waals surface area contributed by atoms with Crippen LogP contribution >= 0.6 is 15.9 Å². The van der Waals surface area contributed by atoms with Crippen molar-refractivity contribution in [3.05, 3.63) is 28.2 Å². The lowest BCUT2D eigenvalue weighted by molar-refractivity contribution is 0.213. The van der Waals surface area contributed by atoms with Crippen LogP contribution in [0, 0.1) is 0 Å². The topological polar surface area (TPSA) is 29.3 Å². The molecule has 0 spiro atoms. The summed E-state index contributed by atoms with van der Waals surface area (Å²) in [4.78, 5) is 2.44. The van der Waals surface area contributed by atoms with Crippen molar-refractivity contribution in [2.24, 2.45) is 0 Å². The van der Waals surface area contributed by atoms with Crippen LogP contribution in [0.25, 0.3) is 0 Å². The van der Waals surface area contributed by atoms with Gasteiger partial charge in [-0.1, -0.05) is 28.9 Å². The standard InChI is InChI=1S/C13H21BrN2/c1-4-7-16(10(2)3)9-11-5-6-12(14)8-13(11)15/h5-6,8,10H,4,7,9,15H2,1-3H3. The van der Waals surface area contributed by atoms with E-state index in [1.807, 2.05) is 6.07 Å². The molecule has 1 aromatic rings. The average molecular weight is 285 g/mol. The summed E-state index contributed by atoms with van der Waals surface area (Å²) in [5.41, 5.74) is 8.09. The molecular formula is C13H21BrN2. The molecule has 90 valence electrons. The Hall–Kier alpha value is -0.540. The van der Waals surface area contributed by atoms with Crippen molar-refractivity contribution in [2.45, 2.75) is 39.8 Å². The zero-order valence-corrected chi connectivity index (χ0v) is 11.9. The fraction of sp³-hybridized carbons (Fsp3) is 0.538. The van der Waals surface area contributed by atoms with Crippen molar-refractivity contribution in [2.75, 3.05) is 12.3 Å². The monoisotopic (exact) mass is 284 g/mol. The molecule has 1 rings (SSSR count). The highest BCUT2D eigenvalue weighted by Gasteiger charge is 2.10. The van der Waals surface area contributed by atoms with Crippen molar-refractivity contribution in [1.29, 1.82) is 0 Å². The minimum absolute atomic E-state index is 0.558. The molecule has 0 atom stereocenters. The Labute approximate surface area is 107 Å². The van der Waals surface area contributed by atoms with Gasteiger partial charge in [-0.3, -0.25) is 4.90 Å². The summed E-state index contributed by atoms with van der Waals surface area (Å²) in [6.07, 6.45) is 1.18. The molecule has 0 saturated carbocycles. The van der Waals surface area contributed by atoms with Crippen LogP contribution in [0.15, 0.2) is 22.7 Å². The molecule has 3 heteroatoms. The zero-order chi connectivity index (χ0) is 12.1. The fourth-order valence-corrected chi connectivity index (χ4v) is 2.11. The second kappa shape index (κ2) is 6.26. The zero-order valence-electron chi connectivity index (χ0n) is 10.3. The molecule has 0 aliphatic rings. The maximum absolute atomic E-state index is 6.01. The van der Waals surface area contributed by atoms with Crippen molar-refractivity contribution in [3.63, 3.8) is 0 Å². The summed E-state index contributed by atoms with van der Waals surface area (Å²) in [7, 11) is 0. The number of hydrogen-bond acceptors (Lipinski definition) is 2. The van der Waals surface area contributed by atoms with Gasteiger partial charge in [-0.15, -0.1) is 0 Å². The van der Waals surface area contributed by atoms with E-state index in [0.717, 1.165) is 23.2 Å². The van der Waals surface area contributed by atoms with Crippen LogP contribution in [0.3, 0.4) is 0 Å². The number of hydrogen-bond donors (Lipinski definition) is 1. The average Bonchev–Trinajstić information content (AvgIpc) is 2.20. The highest BCUT2D eigenvalue weighted by atomic mass is 79.9. The first-order valence-electron chi connectivity index (χ1n) is 5.82. The van der Waals surface area contributed by atoms with Gasteiger partial charge in [0, 0.05) is 22.7 Å². The number of benzene rings is 1. The van der Waals surface area contributed by atoms with Crippen molar-refractivity contribution < 1.29 is 0 Å². The van der Waals surface area contributed by atoms with E-state index in [2.05, 4.69) is 53.7 Å². The van der Waals surface area contributed by atoms with Crippen LogP contribution in [-0.2, 0) is 6.54 Å². The molecule has 1 aromatic carbocycles. The minimum atomic E-state index is 0.558. The lowest BCUT2D eigenvalue weighted by Crippen LogP contribution is -2.31. The Morgan fingerprint density at radius 3 is 2.56 bits per heavy atom. The summed E-state index contributed by atoms with van der Waals surface area (Å²) in [6.45, 7) is 8.72. The molecule has 0 aliphatic heterocycles. The number of nitrogen functional groups attached to an aromatic ring is 1. The van der Waals surface area contributed by atoms with Gasteiger partial charge in [0.25, 0.3) is 0 Å². The summed E-state index contributed by atoms with van der Waals surface area (Å²) >= 11 is 3.43. The van der Waals surface area contributed by atoms with Crippen LogP contribution < -0.4 is 5.73 Å². The van der Waals surface area contributed by atoms with Crippen LogP contribution in [-0.4, -0.2) is 17.5 Å². The molecule has 0 aliphatic carbocycles. The second-order valence-corrected chi connectivity index (χ2v) is 5.32. The first-order chi connectivity index (χ1) is 7.54. The molecule has 0 bridgehead atoms. The van der Waals surface area contributed by atoms with E-state index in [0.29, 0.717) is 6.04 Å². The van der Waals surface area contributed by atoms with E-state index in [-0.39, 0.29) is 0 Å². The number of halogens is 1. The van der Waals surface area contributed by atoms with Gasteiger partial charge in [-0.05, 0) is 44.5 Å². The van der Waals surface area contributed by atoms with Crippen LogP contribution in [0.1, 0.15) is 32.8 Å². The number of rotatable bonds is 5. The van der Waals surface area contributed by atoms with Gasteiger partial charge in [-0.2, -0.15) is 0 Å². The molecule has 0 amide bonds. The van der Waals surface area contributed by atoms with E-state index in [9.17, 15) is 0 Å². The molecule has 2 N–H and O–H groups in total. The summed E-state index contributed by atoms with van der Waals surface area (Å²) in [5.74, 6) is 0. The second-order valence-electron chi connectivity index (χ2n) is 4.41. The summed E-state index contributed by atoms with van der Waals surface area (Å²) < 4.78 is 1.04. The maximum Gasteiger partial charge on any atom is 0.0371 e. The van der Waals surface area contributed by atoms with Crippen LogP contribution in [0.5, 0.6) is 0 Å². The molecular weight excluding hydrogens is 264 g/mol. The predicted octanol–water partition coefficient (Wildman–Crippen LogP) is 3.65. The SMILES string of the molecule is CCCN(Cc1ccc(Br)cc1N)C(C)C. The molecule has 16 heavy (non-hydrogen) atoms. The van der Waals surface area contributed by atoms with E-state index in [4.69, 9.17) is 5.73 Å². The first-order valence-corrected chi connectivity index (χ1v) is 6.61. The molecule has 0 unspecified atom stereocenters. The predicted molar refractivity (Wildman–Crippen MR) is 74.4 cm³/mol. The molecule has 2 nitrogen and oxygen atoms in total. The third-order valence-electron chi connectivity index (χ3n) is 2.72. The van der Waals surface area contributed by atoms with Gasteiger partial charge in [0.15, 0.2) is 0 Å². The molecule has 0 fully saturated rings. The highest BCUT2D eigenvalue weighted by Crippen LogP contribution is 2.20. The Kier molecular flexibility index (Phi) is 5.29. The van der Waals surface area contributed by atoms with Crippen molar-refractivity contribution in [1.82, 2.24) is 4.90 Å². The Morgan fingerprint density at radius 1 is 1.38 bits per heavy atom. The van der Waals surface area contributed by atoms with Gasteiger partial charge in [0.05, 0.1) is 0 Å². The van der Waals surface area contributed by atoms with E-state index in [1.54, 1.807) is 0 Å². The van der Waals surface area contributed by atoms with Gasteiger partial charge < -0.3 is 5.73 Å². The molecule has 0 heterocycles. The smallest absolute Gasteiger partial charge is 0.0371 e. The summed E-state index contributed by atoms with van der Waals surface area (Å²) in [5, 5.41) is 0. The van der Waals surface area contributed by atoms with Gasteiger partial charge >= 0.3 is 0 Å². The van der Waals surface area contributed by atoms with Crippen molar-refractivity contribution in [3.8, 4) is 0 Å². The first kappa shape index (κ1) is 13.5. The molecule has 0 aromatic heterocycles. The van der Waals surface area contributed by atoms with Crippen molar-refractivity contribution >= 4 is 21.6 Å². The fourth-order valence-electron chi connectivity index (χ4n) is 1.74. The number of anilines is 1. The third-order valence-corrected chi connectivity index (χ3v) is 3.22. The number of nitrogens with two attached hydrogens (primary N) is 1. The van der Waals surface area contributed by atoms with Crippen LogP contribution in [0.2, 0.25) is 0 Å². The van der Waals surface area contributed by atoms with Crippen LogP contribution in [0.4, 0.5) is 5.69 Å². The largest absolute Gasteiger partial charge is 0.398 e. The summed E-state index contributed by atoms with van der Waals surface area (Å²) in [6, 6.07) is 6.68. The quantitative estimate of drug-likeness (QED) is 0.837. The Morgan fingerprint density at radius 2 is 2.06 bits per heavy atom. The lowest BCUT2D eigenvalue weighted by Gasteiger charge is -2.26. The van der Waals surface area contributed by atoms with Gasteiger partial charge in [0.1, 0.15) is 0 Å². The normalized spacial score (nSPS) is 11.4. The maximum atomic E-state index is 6.01. The Bertz CT molecular complexity index is 337.